The van der Waals surface area contributed by atoms with E-state index in [4.69, 9.17) is 5.73 Å². The van der Waals surface area contributed by atoms with E-state index in [0.29, 0.717) is 12.5 Å². The fraction of sp³-hybridized carbons (Fsp3) is 1.00. The van der Waals surface area contributed by atoms with Gasteiger partial charge in [0.1, 0.15) is 0 Å². The van der Waals surface area contributed by atoms with E-state index in [1.807, 2.05) is 0 Å². The monoisotopic (exact) mass is 327 g/mol. The van der Waals surface area contributed by atoms with E-state index in [-0.39, 0.29) is 12.5 Å². The highest BCUT2D eigenvalue weighted by atomic mass is 19.3. The van der Waals surface area contributed by atoms with Gasteiger partial charge in [0, 0.05) is 38.1 Å². The Labute approximate surface area is 138 Å². The fourth-order valence-corrected chi connectivity index (χ4v) is 5.07. The molecule has 0 aromatic carbocycles. The summed E-state index contributed by atoms with van der Waals surface area (Å²) in [6, 6.07) is -0.554. The van der Waals surface area contributed by atoms with E-state index in [0.717, 1.165) is 37.3 Å². The maximum atomic E-state index is 13.8. The van der Waals surface area contributed by atoms with Crippen LogP contribution in [-0.4, -0.2) is 60.5 Å². The smallest absolute Gasteiger partial charge is 0.264 e. The molecule has 3 aliphatic carbocycles. The molecule has 2 N–H and O–H groups in total. The van der Waals surface area contributed by atoms with Crippen LogP contribution in [0.4, 0.5) is 8.78 Å². The largest absolute Gasteiger partial charge is 0.321 e. The van der Waals surface area contributed by atoms with Gasteiger partial charge < -0.3 is 10.6 Å². The van der Waals surface area contributed by atoms with Crippen molar-refractivity contribution in [2.75, 3.05) is 26.7 Å². The second kappa shape index (κ2) is 5.92. The third-order valence-corrected chi connectivity index (χ3v) is 7.15. The molecule has 0 aromatic rings. The molecule has 1 saturated heterocycles. The Morgan fingerprint density at radius 2 is 1.91 bits per heavy atom. The average Bonchev–Trinajstić information content (AvgIpc) is 3.09. The van der Waals surface area contributed by atoms with E-state index in [9.17, 15) is 8.78 Å². The minimum Gasteiger partial charge on any atom is -0.321 e. The number of halogens is 2. The zero-order chi connectivity index (χ0) is 16.2. The van der Waals surface area contributed by atoms with E-state index in [1.54, 1.807) is 0 Å². The minimum atomic E-state index is -2.68. The quantitative estimate of drug-likeness (QED) is 0.842. The summed E-state index contributed by atoms with van der Waals surface area (Å²) in [4.78, 5) is 4.68. The highest BCUT2D eigenvalue weighted by Gasteiger charge is 2.50. The number of alkyl halides is 2. The predicted octanol–water partition coefficient (Wildman–Crippen LogP) is 2.55. The van der Waals surface area contributed by atoms with Gasteiger partial charge in [-0.2, -0.15) is 0 Å². The van der Waals surface area contributed by atoms with Crippen LogP contribution in [0.5, 0.6) is 0 Å². The predicted molar refractivity (Wildman–Crippen MR) is 87.5 cm³/mol. The summed E-state index contributed by atoms with van der Waals surface area (Å²) in [5.74, 6) is 0.242. The van der Waals surface area contributed by atoms with Crippen LogP contribution in [0, 0.1) is 17.8 Å². The summed E-state index contributed by atoms with van der Waals surface area (Å²) >= 11 is 0. The molecular weight excluding hydrogens is 296 g/mol. The molecule has 3 saturated carbocycles. The van der Waals surface area contributed by atoms with Gasteiger partial charge in [-0.05, 0) is 44.1 Å². The number of likely N-dealkylation sites (tertiary alicyclic amines) is 1. The van der Waals surface area contributed by atoms with Crippen LogP contribution in [-0.2, 0) is 0 Å². The van der Waals surface area contributed by atoms with E-state index < -0.39 is 12.0 Å². The van der Waals surface area contributed by atoms with Gasteiger partial charge in [0.2, 0.25) is 0 Å². The highest BCUT2D eigenvalue weighted by Crippen LogP contribution is 2.52. The number of nitrogens with two attached hydrogens (primary N) is 1. The van der Waals surface area contributed by atoms with Crippen molar-refractivity contribution in [3.05, 3.63) is 0 Å². The van der Waals surface area contributed by atoms with Gasteiger partial charge in [-0.25, -0.2) is 8.78 Å². The van der Waals surface area contributed by atoms with Gasteiger partial charge in [0.15, 0.2) is 0 Å². The molecule has 4 aliphatic rings. The Morgan fingerprint density at radius 3 is 2.57 bits per heavy atom. The lowest BCUT2D eigenvalue weighted by Gasteiger charge is -2.51. The first kappa shape index (κ1) is 16.2. The molecule has 4 atom stereocenters. The molecule has 5 heteroatoms. The zero-order valence-corrected chi connectivity index (χ0v) is 14.3. The molecule has 132 valence electrons. The highest BCUT2D eigenvalue weighted by molar-refractivity contribution is 5.02. The number of likely N-dealkylation sites (N-methyl/N-ethyl adjacent to an activating group) is 1. The van der Waals surface area contributed by atoms with Crippen molar-refractivity contribution in [1.29, 1.82) is 0 Å². The molecule has 3 nitrogen and oxygen atoms in total. The van der Waals surface area contributed by atoms with Gasteiger partial charge in [0.05, 0.1) is 6.04 Å². The van der Waals surface area contributed by atoms with Crippen molar-refractivity contribution in [3.63, 3.8) is 0 Å². The molecule has 4 fully saturated rings. The van der Waals surface area contributed by atoms with Crippen molar-refractivity contribution >= 4 is 0 Å². The standard InChI is InChI=1S/C18H31F2N3/c1-22(9-13-8-15(13)12-4-2-5-12)14-10-23(11-14)16-6-3-7-18(19,20)17(16)21/h12-17H,2-11,21H2,1H3/t13?,15?,16-,17+/m0/s1. The summed E-state index contributed by atoms with van der Waals surface area (Å²) in [6.45, 7) is 3.05. The molecule has 0 amide bonds. The van der Waals surface area contributed by atoms with Crippen molar-refractivity contribution in [2.24, 2.45) is 23.5 Å². The van der Waals surface area contributed by atoms with E-state index >= 15 is 0 Å². The SMILES string of the molecule is CN(CC1CC1C1CCC1)C1CN([C@H]2CCCC(F)(F)[C@@H]2N)C1. The van der Waals surface area contributed by atoms with Crippen molar-refractivity contribution in [1.82, 2.24) is 9.80 Å². The summed E-state index contributed by atoms with van der Waals surface area (Å²) in [5, 5.41) is 0. The first-order chi connectivity index (χ1) is 11.0. The molecule has 1 heterocycles. The van der Waals surface area contributed by atoms with Gasteiger partial charge >= 0.3 is 0 Å². The van der Waals surface area contributed by atoms with Crippen LogP contribution < -0.4 is 5.73 Å². The normalized spacial score (nSPS) is 41.6. The fourth-order valence-electron chi connectivity index (χ4n) is 5.07. The molecule has 1 aliphatic heterocycles. The Hall–Kier alpha value is -0.260. The van der Waals surface area contributed by atoms with Crippen LogP contribution in [0.2, 0.25) is 0 Å². The second-order valence-electron chi connectivity index (χ2n) is 8.64. The van der Waals surface area contributed by atoms with E-state index in [2.05, 4.69) is 16.8 Å². The molecule has 0 aromatic heterocycles. The second-order valence-corrected chi connectivity index (χ2v) is 8.64. The third-order valence-electron chi connectivity index (χ3n) is 7.15. The molecule has 23 heavy (non-hydrogen) atoms. The van der Waals surface area contributed by atoms with Crippen LogP contribution in [0.25, 0.3) is 0 Å². The van der Waals surface area contributed by atoms with Crippen LogP contribution in [0.15, 0.2) is 0 Å². The number of rotatable bonds is 5. The summed E-state index contributed by atoms with van der Waals surface area (Å²) in [6.07, 6.45) is 7.17. The lowest BCUT2D eigenvalue weighted by atomic mass is 9.81. The van der Waals surface area contributed by atoms with Crippen LogP contribution in [0.1, 0.15) is 44.9 Å². The first-order valence-corrected chi connectivity index (χ1v) is 9.53. The van der Waals surface area contributed by atoms with E-state index in [1.165, 1.54) is 32.2 Å². The molecule has 4 rings (SSSR count). The molecule has 0 spiro atoms. The van der Waals surface area contributed by atoms with Gasteiger partial charge in [-0.1, -0.05) is 19.3 Å². The molecule has 0 bridgehead atoms. The number of nitrogens with zero attached hydrogens (tertiary/aromatic N) is 2. The Morgan fingerprint density at radius 1 is 1.17 bits per heavy atom. The summed E-state index contributed by atoms with van der Waals surface area (Å²) < 4.78 is 27.6. The maximum absolute atomic E-state index is 13.8. The molecule has 0 radical (unpaired) electrons. The number of hydrogen-bond acceptors (Lipinski definition) is 3. The number of hydrogen-bond donors (Lipinski definition) is 1. The molecular formula is C18H31F2N3. The van der Waals surface area contributed by atoms with Gasteiger partial charge in [-0.15, -0.1) is 0 Å². The van der Waals surface area contributed by atoms with Gasteiger partial charge in [-0.3, -0.25) is 4.90 Å². The average molecular weight is 327 g/mol. The van der Waals surface area contributed by atoms with Crippen molar-refractivity contribution in [3.8, 4) is 0 Å². The van der Waals surface area contributed by atoms with Crippen molar-refractivity contribution in [2.45, 2.75) is 69.0 Å². The van der Waals surface area contributed by atoms with Crippen LogP contribution >= 0.6 is 0 Å². The summed E-state index contributed by atoms with van der Waals surface area (Å²) in [7, 11) is 2.22. The Balaban J connectivity index is 1.22. The first-order valence-electron chi connectivity index (χ1n) is 9.53. The molecule has 2 unspecified atom stereocenters. The van der Waals surface area contributed by atoms with Gasteiger partial charge in [0.25, 0.3) is 5.92 Å². The lowest BCUT2D eigenvalue weighted by Crippen LogP contribution is -2.68. The third kappa shape index (κ3) is 3.05. The Bertz CT molecular complexity index is 434. The summed E-state index contributed by atoms with van der Waals surface area (Å²) in [5.41, 5.74) is 5.85. The zero-order valence-electron chi connectivity index (χ0n) is 14.3. The maximum Gasteiger partial charge on any atom is 0.264 e. The minimum absolute atomic E-state index is 0.0356. The van der Waals surface area contributed by atoms with Crippen LogP contribution in [0.3, 0.4) is 0 Å². The Kier molecular flexibility index (Phi) is 4.18. The lowest BCUT2D eigenvalue weighted by molar-refractivity contribution is -0.103. The van der Waals surface area contributed by atoms with Crippen molar-refractivity contribution < 1.29 is 8.78 Å². The topological polar surface area (TPSA) is 32.5 Å².